The van der Waals surface area contributed by atoms with Gasteiger partial charge in [-0.3, -0.25) is 0 Å². The molecular weight excluding hydrogens is 308 g/mol. The third-order valence-electron chi connectivity index (χ3n) is 4.04. The average molecular weight is 332 g/mol. The molecule has 0 aliphatic rings. The predicted molar refractivity (Wildman–Crippen MR) is 106 cm³/mol. The molecule has 0 saturated carbocycles. The molecule has 3 nitrogen and oxygen atoms in total. The van der Waals surface area contributed by atoms with Crippen molar-refractivity contribution >= 4 is 17.1 Å². The molecule has 0 aliphatic heterocycles. The van der Waals surface area contributed by atoms with E-state index >= 15 is 0 Å². The fraction of sp³-hybridized carbons (Fsp3) is 0.182. The maximum atomic E-state index is 5.98. The molecule has 25 heavy (non-hydrogen) atoms. The highest BCUT2D eigenvalue weighted by molar-refractivity contribution is 5.64. The predicted octanol–water partition coefficient (Wildman–Crippen LogP) is 6.15. The fourth-order valence-electron chi connectivity index (χ4n) is 2.68. The summed E-state index contributed by atoms with van der Waals surface area (Å²) in [5.74, 6) is 1.63. The highest BCUT2D eigenvalue weighted by atomic mass is 16.5. The van der Waals surface area contributed by atoms with Crippen molar-refractivity contribution in [1.82, 2.24) is 0 Å². The minimum absolute atomic E-state index is 0.735. The van der Waals surface area contributed by atoms with Gasteiger partial charge in [0.2, 0.25) is 0 Å². The molecule has 0 radical (unpaired) electrons. The smallest absolute Gasteiger partial charge is 0.127 e. The van der Waals surface area contributed by atoms with Crippen molar-refractivity contribution in [1.29, 1.82) is 0 Å². The number of hydrogen-bond donors (Lipinski definition) is 2. The van der Waals surface area contributed by atoms with Gasteiger partial charge in [0.25, 0.3) is 0 Å². The number of hydrogen-bond acceptors (Lipinski definition) is 3. The number of rotatable bonds is 7. The van der Waals surface area contributed by atoms with Crippen molar-refractivity contribution in [2.24, 2.45) is 0 Å². The number of aryl methyl sites for hydroxylation is 1. The summed E-state index contributed by atoms with van der Waals surface area (Å²) in [4.78, 5) is 0. The summed E-state index contributed by atoms with van der Waals surface area (Å²) in [5, 5.41) is 3.51. The SMILES string of the molecule is CCCCc1cc(Oc2ccc(N)cc2)ccc1Nc1ccccc1. The average Bonchev–Trinajstić information content (AvgIpc) is 2.64. The van der Waals surface area contributed by atoms with Gasteiger partial charge in [0.05, 0.1) is 0 Å². The molecule has 0 atom stereocenters. The highest BCUT2D eigenvalue weighted by Gasteiger charge is 2.06. The van der Waals surface area contributed by atoms with Crippen LogP contribution in [-0.4, -0.2) is 0 Å². The number of unbranched alkanes of at least 4 members (excludes halogenated alkanes) is 1. The fourth-order valence-corrected chi connectivity index (χ4v) is 2.68. The number of nitrogen functional groups attached to an aromatic ring is 1. The second kappa shape index (κ2) is 8.25. The van der Waals surface area contributed by atoms with E-state index in [0.29, 0.717) is 0 Å². The number of ether oxygens (including phenoxy) is 1. The van der Waals surface area contributed by atoms with E-state index in [0.717, 1.165) is 47.8 Å². The van der Waals surface area contributed by atoms with Crippen molar-refractivity contribution in [3.63, 3.8) is 0 Å². The Bertz CT molecular complexity index is 798. The molecule has 0 bridgehead atoms. The summed E-state index contributed by atoms with van der Waals surface area (Å²) in [5.41, 5.74) is 9.94. The molecule has 128 valence electrons. The van der Waals surface area contributed by atoms with Crippen molar-refractivity contribution in [2.45, 2.75) is 26.2 Å². The van der Waals surface area contributed by atoms with Crippen LogP contribution in [0.25, 0.3) is 0 Å². The van der Waals surface area contributed by atoms with E-state index in [1.165, 1.54) is 5.56 Å². The number of nitrogens with two attached hydrogens (primary N) is 1. The van der Waals surface area contributed by atoms with Crippen LogP contribution < -0.4 is 15.8 Å². The summed E-state index contributed by atoms with van der Waals surface area (Å²) >= 11 is 0. The maximum absolute atomic E-state index is 5.98. The molecule has 3 N–H and O–H groups in total. The van der Waals surface area contributed by atoms with Crippen LogP contribution in [0.4, 0.5) is 17.1 Å². The number of nitrogens with one attached hydrogen (secondary N) is 1. The first kappa shape index (κ1) is 16.9. The van der Waals surface area contributed by atoms with Crippen LogP contribution in [0.15, 0.2) is 72.8 Å². The van der Waals surface area contributed by atoms with Gasteiger partial charge >= 0.3 is 0 Å². The maximum Gasteiger partial charge on any atom is 0.127 e. The monoisotopic (exact) mass is 332 g/mol. The largest absolute Gasteiger partial charge is 0.457 e. The Kier molecular flexibility index (Phi) is 5.57. The van der Waals surface area contributed by atoms with E-state index in [2.05, 4.69) is 36.5 Å². The lowest BCUT2D eigenvalue weighted by molar-refractivity contribution is 0.482. The first-order valence-corrected chi connectivity index (χ1v) is 8.73. The molecule has 0 amide bonds. The van der Waals surface area contributed by atoms with Crippen LogP contribution >= 0.6 is 0 Å². The van der Waals surface area contributed by atoms with Crippen LogP contribution in [0.5, 0.6) is 11.5 Å². The lowest BCUT2D eigenvalue weighted by atomic mass is 10.1. The number of anilines is 3. The van der Waals surface area contributed by atoms with E-state index in [9.17, 15) is 0 Å². The Hall–Kier alpha value is -2.94. The summed E-state index contributed by atoms with van der Waals surface area (Å²) in [6, 6.07) is 23.9. The zero-order valence-corrected chi connectivity index (χ0v) is 14.5. The molecule has 0 fully saturated rings. The van der Waals surface area contributed by atoms with Gasteiger partial charge in [0.1, 0.15) is 11.5 Å². The Morgan fingerprint density at radius 1 is 0.880 bits per heavy atom. The highest BCUT2D eigenvalue weighted by Crippen LogP contribution is 2.29. The topological polar surface area (TPSA) is 47.3 Å². The first-order valence-electron chi connectivity index (χ1n) is 8.73. The zero-order chi connectivity index (χ0) is 17.5. The third-order valence-corrected chi connectivity index (χ3v) is 4.04. The van der Waals surface area contributed by atoms with Gasteiger partial charge in [-0.1, -0.05) is 31.5 Å². The quantitative estimate of drug-likeness (QED) is 0.510. The number of para-hydroxylation sites is 1. The Morgan fingerprint density at radius 3 is 2.32 bits per heavy atom. The van der Waals surface area contributed by atoms with Crippen LogP contribution in [0.3, 0.4) is 0 Å². The van der Waals surface area contributed by atoms with Crippen LogP contribution in [-0.2, 0) is 6.42 Å². The Labute approximate surface area is 149 Å². The van der Waals surface area contributed by atoms with E-state index in [4.69, 9.17) is 10.5 Å². The summed E-state index contributed by atoms with van der Waals surface area (Å²) in [6.45, 7) is 2.21. The normalized spacial score (nSPS) is 10.4. The molecule has 0 aliphatic carbocycles. The molecule has 0 unspecified atom stereocenters. The Morgan fingerprint density at radius 2 is 1.60 bits per heavy atom. The van der Waals surface area contributed by atoms with Crippen molar-refractivity contribution in [3.05, 3.63) is 78.4 Å². The molecule has 3 rings (SSSR count). The molecular formula is C22H24N2O. The zero-order valence-electron chi connectivity index (χ0n) is 14.5. The third kappa shape index (κ3) is 4.77. The Balaban J connectivity index is 1.82. The lowest BCUT2D eigenvalue weighted by Gasteiger charge is -2.14. The summed E-state index contributed by atoms with van der Waals surface area (Å²) in [6.07, 6.45) is 3.33. The second-order valence-electron chi connectivity index (χ2n) is 6.08. The van der Waals surface area contributed by atoms with Crippen LogP contribution in [0.1, 0.15) is 25.3 Å². The standard InChI is InChI=1S/C22H24N2O/c1-2-3-7-17-16-21(25-20-12-10-18(23)11-13-20)14-15-22(17)24-19-8-5-4-6-9-19/h4-6,8-16,24H,2-3,7,23H2,1H3. The summed E-state index contributed by atoms with van der Waals surface area (Å²) < 4.78 is 5.98. The van der Waals surface area contributed by atoms with Gasteiger partial charge in [0.15, 0.2) is 0 Å². The van der Waals surface area contributed by atoms with Crippen LogP contribution in [0, 0.1) is 0 Å². The molecule has 3 heteroatoms. The van der Waals surface area contributed by atoms with Gasteiger partial charge in [-0.05, 0) is 73.0 Å². The van der Waals surface area contributed by atoms with Crippen LogP contribution in [0.2, 0.25) is 0 Å². The van der Waals surface area contributed by atoms with Gasteiger partial charge in [-0.15, -0.1) is 0 Å². The minimum atomic E-state index is 0.735. The van der Waals surface area contributed by atoms with E-state index in [-0.39, 0.29) is 0 Å². The first-order chi connectivity index (χ1) is 12.2. The molecule has 0 saturated heterocycles. The molecule has 0 heterocycles. The van der Waals surface area contributed by atoms with E-state index < -0.39 is 0 Å². The second-order valence-corrected chi connectivity index (χ2v) is 6.08. The molecule has 3 aromatic rings. The molecule has 3 aromatic carbocycles. The molecule has 0 spiro atoms. The van der Waals surface area contributed by atoms with Crippen molar-refractivity contribution < 1.29 is 4.74 Å². The van der Waals surface area contributed by atoms with Crippen molar-refractivity contribution in [2.75, 3.05) is 11.1 Å². The van der Waals surface area contributed by atoms with E-state index in [1.54, 1.807) is 0 Å². The number of benzene rings is 3. The van der Waals surface area contributed by atoms with Gasteiger partial charge < -0.3 is 15.8 Å². The van der Waals surface area contributed by atoms with E-state index in [1.807, 2.05) is 48.5 Å². The van der Waals surface area contributed by atoms with Gasteiger partial charge in [-0.2, -0.15) is 0 Å². The lowest BCUT2D eigenvalue weighted by Crippen LogP contribution is -1.97. The van der Waals surface area contributed by atoms with Crippen molar-refractivity contribution in [3.8, 4) is 11.5 Å². The molecule has 0 aromatic heterocycles. The van der Waals surface area contributed by atoms with Gasteiger partial charge in [0, 0.05) is 17.1 Å². The minimum Gasteiger partial charge on any atom is -0.457 e. The van der Waals surface area contributed by atoms with Gasteiger partial charge in [-0.25, -0.2) is 0 Å². The summed E-state index contributed by atoms with van der Waals surface area (Å²) in [7, 11) is 0.